The number of ether oxygens (including phenoxy) is 1. The summed E-state index contributed by atoms with van der Waals surface area (Å²) in [7, 11) is 0. The average molecular weight is 301 g/mol. The second-order valence-electron chi connectivity index (χ2n) is 4.46. The number of aromatic amines is 1. The van der Waals surface area contributed by atoms with Crippen LogP contribution in [0, 0.1) is 0 Å². The Bertz CT molecular complexity index is 652. The molecule has 0 fully saturated rings. The van der Waals surface area contributed by atoms with E-state index in [2.05, 4.69) is 10.2 Å². The van der Waals surface area contributed by atoms with Crippen LogP contribution in [0.4, 0.5) is 13.2 Å². The monoisotopic (exact) mass is 301 g/mol. The summed E-state index contributed by atoms with van der Waals surface area (Å²) < 4.78 is 43.4. The van der Waals surface area contributed by atoms with Gasteiger partial charge in [-0.2, -0.15) is 18.3 Å². The van der Waals surface area contributed by atoms with Gasteiger partial charge in [0.05, 0.1) is 12.2 Å². The second kappa shape index (κ2) is 5.72. The Balaban J connectivity index is 2.33. The van der Waals surface area contributed by atoms with Gasteiger partial charge in [-0.25, -0.2) is 0 Å². The third-order valence-electron chi connectivity index (χ3n) is 2.98. The van der Waals surface area contributed by atoms with Crippen LogP contribution in [0.1, 0.15) is 18.2 Å². The molecule has 0 aliphatic rings. The molecule has 5 nitrogen and oxygen atoms in total. The van der Waals surface area contributed by atoms with Crippen molar-refractivity contribution in [1.29, 1.82) is 0 Å². The van der Waals surface area contributed by atoms with Crippen molar-refractivity contribution < 1.29 is 22.7 Å². The maximum absolute atomic E-state index is 12.9. The van der Waals surface area contributed by atoms with Crippen molar-refractivity contribution in [2.75, 3.05) is 6.61 Å². The Morgan fingerprint density at radius 3 is 2.81 bits per heavy atom. The molecule has 1 heterocycles. The van der Waals surface area contributed by atoms with Gasteiger partial charge in [0.25, 0.3) is 0 Å². The first kappa shape index (κ1) is 15.3. The number of nitrogens with zero attached hydrogens (tertiary/aromatic N) is 1. The van der Waals surface area contributed by atoms with Crippen molar-refractivity contribution in [3.8, 4) is 0 Å². The van der Waals surface area contributed by atoms with Crippen LogP contribution in [0.3, 0.4) is 0 Å². The van der Waals surface area contributed by atoms with Crippen molar-refractivity contribution in [2.45, 2.75) is 25.6 Å². The number of H-pyrrole nitrogens is 1. The number of carbonyl (C=O) groups is 1. The van der Waals surface area contributed by atoms with Crippen molar-refractivity contribution >= 4 is 16.9 Å². The van der Waals surface area contributed by atoms with E-state index in [0.29, 0.717) is 11.1 Å². The van der Waals surface area contributed by atoms with Gasteiger partial charge in [0, 0.05) is 17.5 Å². The maximum atomic E-state index is 12.9. The zero-order valence-corrected chi connectivity index (χ0v) is 11.2. The normalized spacial score (nSPS) is 13.4. The van der Waals surface area contributed by atoms with Crippen LogP contribution in [-0.4, -0.2) is 28.8 Å². The van der Waals surface area contributed by atoms with Crippen LogP contribution in [0.5, 0.6) is 0 Å². The number of hydrogen-bond donors (Lipinski definition) is 2. The summed E-state index contributed by atoms with van der Waals surface area (Å²) in [5, 5.41) is 6.50. The van der Waals surface area contributed by atoms with E-state index in [0.717, 1.165) is 6.07 Å². The number of halogens is 3. The molecule has 0 spiro atoms. The SMILES string of the molecule is CCOC(=O)C(N)Cc1[nH]nc2c(C(F)(F)F)cccc12. The van der Waals surface area contributed by atoms with Gasteiger partial charge in [-0.05, 0) is 13.0 Å². The minimum atomic E-state index is -4.49. The number of carbonyl (C=O) groups excluding carboxylic acids is 1. The molecule has 8 heteroatoms. The highest BCUT2D eigenvalue weighted by Crippen LogP contribution is 2.34. The molecule has 1 atom stereocenters. The number of hydrogen-bond acceptors (Lipinski definition) is 4. The van der Waals surface area contributed by atoms with Crippen LogP contribution in [-0.2, 0) is 22.1 Å². The van der Waals surface area contributed by atoms with Gasteiger partial charge in [-0.15, -0.1) is 0 Å². The minimum absolute atomic E-state index is 0.0244. The molecule has 0 bridgehead atoms. The number of aromatic nitrogens is 2. The molecule has 2 rings (SSSR count). The molecule has 0 amide bonds. The molecule has 1 aromatic carbocycles. The van der Waals surface area contributed by atoms with Crippen LogP contribution >= 0.6 is 0 Å². The van der Waals surface area contributed by atoms with Crippen molar-refractivity contribution in [3.05, 3.63) is 29.5 Å². The summed E-state index contributed by atoms with van der Waals surface area (Å²) in [5.74, 6) is -0.604. The summed E-state index contributed by atoms with van der Waals surface area (Å²) in [6.07, 6.45) is -4.47. The van der Waals surface area contributed by atoms with E-state index < -0.39 is 23.8 Å². The van der Waals surface area contributed by atoms with Crippen LogP contribution < -0.4 is 5.73 Å². The maximum Gasteiger partial charge on any atom is 0.418 e. The lowest BCUT2D eigenvalue weighted by atomic mass is 10.1. The van der Waals surface area contributed by atoms with Crippen molar-refractivity contribution in [2.24, 2.45) is 5.73 Å². The summed E-state index contributed by atoms with van der Waals surface area (Å²) >= 11 is 0. The first-order valence-electron chi connectivity index (χ1n) is 6.30. The predicted molar refractivity (Wildman–Crippen MR) is 69.4 cm³/mol. The third-order valence-corrected chi connectivity index (χ3v) is 2.98. The first-order chi connectivity index (χ1) is 9.84. The molecule has 0 aliphatic carbocycles. The Morgan fingerprint density at radius 1 is 1.48 bits per heavy atom. The average Bonchev–Trinajstić information content (AvgIpc) is 2.81. The van der Waals surface area contributed by atoms with Gasteiger partial charge in [0.15, 0.2) is 0 Å². The Morgan fingerprint density at radius 2 is 2.19 bits per heavy atom. The standard InChI is InChI=1S/C13H14F3N3O2/c1-2-21-12(20)9(17)6-10-7-4-3-5-8(13(14,15)16)11(7)19-18-10/h3-5,9H,2,6,17H2,1H3,(H,18,19). The zero-order valence-electron chi connectivity index (χ0n) is 11.2. The van der Waals surface area contributed by atoms with Gasteiger partial charge >= 0.3 is 12.1 Å². The molecule has 3 N–H and O–H groups in total. The number of para-hydroxylation sites is 1. The van der Waals surface area contributed by atoms with Gasteiger partial charge in [0.2, 0.25) is 0 Å². The number of benzene rings is 1. The fourth-order valence-corrected chi connectivity index (χ4v) is 2.03. The molecule has 0 saturated heterocycles. The highest BCUT2D eigenvalue weighted by atomic mass is 19.4. The molecule has 0 saturated carbocycles. The minimum Gasteiger partial charge on any atom is -0.465 e. The van der Waals surface area contributed by atoms with E-state index in [-0.39, 0.29) is 18.5 Å². The fourth-order valence-electron chi connectivity index (χ4n) is 2.03. The highest BCUT2D eigenvalue weighted by molar-refractivity contribution is 5.85. The number of esters is 1. The number of nitrogens with one attached hydrogen (secondary N) is 1. The van der Waals surface area contributed by atoms with Crippen LogP contribution in [0.2, 0.25) is 0 Å². The summed E-state index contributed by atoms with van der Waals surface area (Å²) in [5.41, 5.74) is 5.03. The highest BCUT2D eigenvalue weighted by Gasteiger charge is 2.34. The zero-order chi connectivity index (χ0) is 15.6. The topological polar surface area (TPSA) is 81.0 Å². The van der Waals surface area contributed by atoms with Gasteiger partial charge in [0.1, 0.15) is 11.6 Å². The number of nitrogens with two attached hydrogens (primary N) is 1. The first-order valence-corrected chi connectivity index (χ1v) is 6.30. The van der Waals surface area contributed by atoms with Crippen LogP contribution in [0.25, 0.3) is 10.9 Å². The van der Waals surface area contributed by atoms with E-state index in [1.807, 2.05) is 0 Å². The Hall–Kier alpha value is -2.09. The van der Waals surface area contributed by atoms with Gasteiger partial charge in [-0.3, -0.25) is 9.89 Å². The number of rotatable bonds is 4. The van der Waals surface area contributed by atoms with E-state index in [4.69, 9.17) is 10.5 Å². The predicted octanol–water partition coefficient (Wildman–Crippen LogP) is 2.01. The third kappa shape index (κ3) is 3.15. The molecule has 114 valence electrons. The smallest absolute Gasteiger partial charge is 0.418 e. The molecule has 21 heavy (non-hydrogen) atoms. The molecule has 1 unspecified atom stereocenters. The Kier molecular flexibility index (Phi) is 4.17. The Labute approximate surface area is 118 Å². The summed E-state index contributed by atoms with van der Waals surface area (Å²) in [4.78, 5) is 11.5. The number of fused-ring (bicyclic) bond motifs is 1. The largest absolute Gasteiger partial charge is 0.465 e. The van der Waals surface area contributed by atoms with Gasteiger partial charge < -0.3 is 10.5 Å². The van der Waals surface area contributed by atoms with E-state index in [1.165, 1.54) is 12.1 Å². The summed E-state index contributed by atoms with van der Waals surface area (Å²) in [6.45, 7) is 1.83. The molecule has 0 aliphatic heterocycles. The molecule has 2 aromatic rings. The van der Waals surface area contributed by atoms with Crippen molar-refractivity contribution in [3.63, 3.8) is 0 Å². The summed E-state index contributed by atoms with van der Waals surface area (Å²) in [6, 6.07) is 2.79. The fraction of sp³-hybridized carbons (Fsp3) is 0.385. The lowest BCUT2D eigenvalue weighted by Gasteiger charge is -2.10. The molecular weight excluding hydrogens is 287 g/mol. The van der Waals surface area contributed by atoms with Gasteiger partial charge in [-0.1, -0.05) is 12.1 Å². The second-order valence-corrected chi connectivity index (χ2v) is 4.46. The van der Waals surface area contributed by atoms with E-state index in [9.17, 15) is 18.0 Å². The van der Waals surface area contributed by atoms with Crippen molar-refractivity contribution in [1.82, 2.24) is 10.2 Å². The molecule has 1 aromatic heterocycles. The quantitative estimate of drug-likeness (QED) is 0.847. The lowest BCUT2D eigenvalue weighted by molar-refractivity contribution is -0.144. The molecule has 0 radical (unpaired) electrons. The molecular formula is C13H14F3N3O2. The van der Waals surface area contributed by atoms with Crippen LogP contribution in [0.15, 0.2) is 18.2 Å². The lowest BCUT2D eigenvalue weighted by Crippen LogP contribution is -2.34. The number of alkyl halides is 3. The van der Waals surface area contributed by atoms with E-state index in [1.54, 1.807) is 6.92 Å². The van der Waals surface area contributed by atoms with E-state index >= 15 is 0 Å².